The van der Waals surface area contributed by atoms with E-state index in [4.69, 9.17) is 14.0 Å². The number of methoxy groups -OCH3 is 1. The minimum atomic E-state index is -0.479. The predicted octanol–water partition coefficient (Wildman–Crippen LogP) is 2.87. The molecule has 0 amide bonds. The lowest BCUT2D eigenvalue weighted by Crippen LogP contribution is -2.41. The van der Waals surface area contributed by atoms with Crippen LogP contribution in [0.15, 0.2) is 18.2 Å². The Morgan fingerprint density at radius 2 is 1.85 bits per heavy atom. The molecule has 0 spiro atoms. The molecule has 0 aromatic carbocycles. The number of ether oxygens (including phenoxy) is 1. The lowest BCUT2D eigenvalue weighted by molar-refractivity contribution is 0.00578. The number of hydrogen-bond acceptors (Lipinski definition) is 4. The Bertz CT molecular complexity index is 515. The van der Waals surface area contributed by atoms with Gasteiger partial charge in [-0.15, -0.1) is 0 Å². The minimum absolute atomic E-state index is 0.360. The van der Waals surface area contributed by atoms with E-state index < -0.39 is 24.1 Å². The third-order valence-corrected chi connectivity index (χ3v) is 3.74. The van der Waals surface area contributed by atoms with Crippen LogP contribution in [0.3, 0.4) is 0 Å². The van der Waals surface area contributed by atoms with Crippen molar-refractivity contribution in [1.82, 2.24) is 4.98 Å². The molecule has 0 radical (unpaired) electrons. The Hall–Kier alpha value is -1.40. The fourth-order valence-corrected chi connectivity index (χ4v) is 1.88. The van der Waals surface area contributed by atoms with E-state index in [1.165, 1.54) is 13.2 Å². The second-order valence-electron chi connectivity index (χ2n) is 5.74. The maximum absolute atomic E-state index is 13.2. The maximum Gasteiger partial charge on any atom is 0.487 e. The summed E-state index contributed by atoms with van der Waals surface area (Å²) in [7, 11) is 1.01. The summed E-state index contributed by atoms with van der Waals surface area (Å²) in [5.74, 6) is 1.67. The first-order valence-corrected chi connectivity index (χ1v) is 6.48. The molecule has 1 aromatic heterocycles. The summed E-state index contributed by atoms with van der Waals surface area (Å²) in [6.07, 6.45) is 2.81. The van der Waals surface area contributed by atoms with Crippen molar-refractivity contribution in [2.24, 2.45) is 0 Å². The summed E-state index contributed by atoms with van der Waals surface area (Å²) in [6.45, 7) is 7.91. The van der Waals surface area contributed by atoms with E-state index in [1.54, 1.807) is 12.1 Å². The summed E-state index contributed by atoms with van der Waals surface area (Å²) < 4.78 is 30.0. The third kappa shape index (κ3) is 2.86. The van der Waals surface area contributed by atoms with Crippen molar-refractivity contribution in [3.8, 4) is 5.88 Å². The second-order valence-corrected chi connectivity index (χ2v) is 5.74. The largest absolute Gasteiger partial charge is 0.487 e. The molecule has 0 saturated carbocycles. The minimum Gasteiger partial charge on any atom is -0.481 e. The van der Waals surface area contributed by atoms with Crippen LogP contribution >= 0.6 is 0 Å². The van der Waals surface area contributed by atoms with Gasteiger partial charge in [0.2, 0.25) is 5.88 Å². The first kappa shape index (κ1) is 15.0. The standard InChI is InChI=1S/C14H19BFNO3/c1-13(2)14(3,4)20-15(19-13)7-6-10-8-11(16)9-17-12(10)18-5/h6-9H,1-5H3/b7-6+. The molecule has 4 nitrogen and oxygen atoms in total. The van der Waals surface area contributed by atoms with E-state index in [0.29, 0.717) is 11.4 Å². The van der Waals surface area contributed by atoms with E-state index in [0.717, 1.165) is 6.20 Å². The van der Waals surface area contributed by atoms with Crippen LogP contribution < -0.4 is 4.74 Å². The molecule has 1 fully saturated rings. The fraction of sp³-hybridized carbons (Fsp3) is 0.500. The average Bonchev–Trinajstić information content (AvgIpc) is 2.55. The zero-order valence-corrected chi connectivity index (χ0v) is 12.4. The van der Waals surface area contributed by atoms with Gasteiger partial charge in [0, 0.05) is 5.56 Å². The zero-order valence-electron chi connectivity index (χ0n) is 12.4. The highest BCUT2D eigenvalue weighted by atomic mass is 19.1. The quantitative estimate of drug-likeness (QED) is 0.798. The Balaban J connectivity index is 2.17. The zero-order chi connectivity index (χ0) is 15.0. The molecule has 2 heterocycles. The predicted molar refractivity (Wildman–Crippen MR) is 75.9 cm³/mol. The maximum atomic E-state index is 13.2. The molecule has 0 unspecified atom stereocenters. The van der Waals surface area contributed by atoms with Gasteiger partial charge >= 0.3 is 7.12 Å². The molecule has 2 rings (SSSR count). The molecule has 0 N–H and O–H groups in total. The van der Waals surface area contributed by atoms with Gasteiger partial charge in [-0.1, -0.05) is 12.1 Å². The van der Waals surface area contributed by atoms with Crippen molar-refractivity contribution < 1.29 is 18.4 Å². The van der Waals surface area contributed by atoms with Crippen molar-refractivity contribution in [3.05, 3.63) is 29.6 Å². The van der Waals surface area contributed by atoms with Crippen LogP contribution in [0.4, 0.5) is 4.39 Å². The molecule has 1 saturated heterocycles. The second kappa shape index (κ2) is 5.18. The highest BCUT2D eigenvalue weighted by Crippen LogP contribution is 2.37. The molecule has 0 atom stereocenters. The normalized spacial score (nSPS) is 20.6. The first-order valence-electron chi connectivity index (χ1n) is 6.48. The van der Waals surface area contributed by atoms with Crippen LogP contribution in [0.1, 0.15) is 33.3 Å². The van der Waals surface area contributed by atoms with Crippen LogP contribution in [-0.4, -0.2) is 30.4 Å². The molecule has 1 aromatic rings. The first-order chi connectivity index (χ1) is 9.25. The SMILES string of the molecule is COc1ncc(F)cc1/C=C/B1OC(C)(C)C(C)(C)O1. The Labute approximate surface area is 119 Å². The highest BCUT2D eigenvalue weighted by Gasteiger charge is 2.50. The smallest absolute Gasteiger partial charge is 0.481 e. The topological polar surface area (TPSA) is 40.6 Å². The molecule has 0 aliphatic carbocycles. The Morgan fingerprint density at radius 3 is 2.40 bits per heavy atom. The van der Waals surface area contributed by atoms with Crippen molar-refractivity contribution in [2.75, 3.05) is 7.11 Å². The van der Waals surface area contributed by atoms with E-state index in [9.17, 15) is 4.39 Å². The number of hydrogen-bond donors (Lipinski definition) is 0. The van der Waals surface area contributed by atoms with Crippen molar-refractivity contribution >= 4 is 13.2 Å². The molecule has 1 aliphatic heterocycles. The van der Waals surface area contributed by atoms with Crippen molar-refractivity contribution in [3.63, 3.8) is 0 Å². The van der Waals surface area contributed by atoms with Gasteiger partial charge in [-0.25, -0.2) is 9.37 Å². The Morgan fingerprint density at radius 1 is 1.25 bits per heavy atom. The van der Waals surface area contributed by atoms with Crippen LogP contribution in [-0.2, 0) is 9.31 Å². The van der Waals surface area contributed by atoms with E-state index in [1.807, 2.05) is 27.7 Å². The fourth-order valence-electron chi connectivity index (χ4n) is 1.88. The molecule has 20 heavy (non-hydrogen) atoms. The number of halogens is 1. The van der Waals surface area contributed by atoms with Gasteiger partial charge in [0.25, 0.3) is 0 Å². The van der Waals surface area contributed by atoms with Crippen molar-refractivity contribution in [2.45, 2.75) is 38.9 Å². The third-order valence-electron chi connectivity index (χ3n) is 3.74. The molecular formula is C14H19BFNO3. The Kier molecular flexibility index (Phi) is 3.89. The van der Waals surface area contributed by atoms with Gasteiger partial charge in [-0.2, -0.15) is 0 Å². The summed E-state index contributed by atoms with van der Waals surface area (Å²) >= 11 is 0. The van der Waals surface area contributed by atoms with Gasteiger partial charge < -0.3 is 14.0 Å². The summed E-state index contributed by atoms with van der Waals surface area (Å²) in [5.41, 5.74) is -0.249. The summed E-state index contributed by atoms with van der Waals surface area (Å²) in [4.78, 5) is 3.87. The number of nitrogens with zero attached hydrogens (tertiary/aromatic N) is 1. The van der Waals surface area contributed by atoms with E-state index in [-0.39, 0.29) is 0 Å². The van der Waals surface area contributed by atoms with Gasteiger partial charge in [0.15, 0.2) is 0 Å². The van der Waals surface area contributed by atoms with Crippen molar-refractivity contribution in [1.29, 1.82) is 0 Å². The molecule has 108 valence electrons. The number of aromatic nitrogens is 1. The van der Waals surface area contributed by atoms with Crippen LogP contribution in [0, 0.1) is 5.82 Å². The number of rotatable bonds is 3. The summed E-state index contributed by atoms with van der Waals surface area (Å²) in [5, 5.41) is 0. The van der Waals surface area contributed by atoms with Gasteiger partial charge in [0.1, 0.15) is 5.82 Å². The van der Waals surface area contributed by atoms with E-state index >= 15 is 0 Å². The molecule has 1 aliphatic rings. The number of pyridine rings is 1. The molecule has 6 heteroatoms. The highest BCUT2D eigenvalue weighted by molar-refractivity contribution is 6.52. The average molecular weight is 279 g/mol. The van der Waals surface area contributed by atoms with Crippen LogP contribution in [0.25, 0.3) is 6.08 Å². The molecular weight excluding hydrogens is 260 g/mol. The van der Waals surface area contributed by atoms with E-state index in [2.05, 4.69) is 4.98 Å². The molecule has 0 bridgehead atoms. The van der Waals surface area contributed by atoms with Gasteiger partial charge in [-0.05, 0) is 33.8 Å². The van der Waals surface area contributed by atoms with Gasteiger partial charge in [-0.3, -0.25) is 0 Å². The summed E-state index contributed by atoms with van der Waals surface area (Å²) in [6, 6.07) is 1.35. The van der Waals surface area contributed by atoms with Crippen LogP contribution in [0.5, 0.6) is 5.88 Å². The van der Waals surface area contributed by atoms with Gasteiger partial charge in [0.05, 0.1) is 24.5 Å². The lowest BCUT2D eigenvalue weighted by atomic mass is 9.89. The lowest BCUT2D eigenvalue weighted by Gasteiger charge is -2.32. The van der Waals surface area contributed by atoms with Crippen LogP contribution in [0.2, 0.25) is 0 Å². The monoisotopic (exact) mass is 279 g/mol.